The van der Waals surface area contributed by atoms with Crippen molar-refractivity contribution in [3.63, 3.8) is 0 Å². The van der Waals surface area contributed by atoms with Crippen LogP contribution in [0.2, 0.25) is 0 Å². The second-order valence-corrected chi connectivity index (χ2v) is 4.84. The Morgan fingerprint density at radius 3 is 2.94 bits per heavy atom. The summed E-state index contributed by atoms with van der Waals surface area (Å²) in [5, 5.41) is 0. The molecule has 1 heterocycles. The highest BCUT2D eigenvalue weighted by Crippen LogP contribution is 2.28. The molecular formula is C14H22N2O2. The van der Waals surface area contributed by atoms with Crippen LogP contribution in [0.3, 0.4) is 0 Å². The van der Waals surface area contributed by atoms with Crippen LogP contribution in [0.25, 0.3) is 0 Å². The van der Waals surface area contributed by atoms with Gasteiger partial charge in [-0.3, -0.25) is 0 Å². The number of ether oxygens (including phenoxy) is 2. The van der Waals surface area contributed by atoms with Crippen LogP contribution in [-0.2, 0) is 4.74 Å². The van der Waals surface area contributed by atoms with Crippen molar-refractivity contribution in [2.45, 2.75) is 12.5 Å². The summed E-state index contributed by atoms with van der Waals surface area (Å²) in [6.07, 6.45) is 0.949. The summed E-state index contributed by atoms with van der Waals surface area (Å²) < 4.78 is 10.9. The number of hydrogen-bond donors (Lipinski definition) is 1. The Hall–Kier alpha value is -1.26. The number of methoxy groups -OCH3 is 1. The average Bonchev–Trinajstić information content (AvgIpc) is 2.41. The zero-order valence-electron chi connectivity index (χ0n) is 11.1. The highest BCUT2D eigenvalue weighted by atomic mass is 16.5. The molecule has 0 amide bonds. The van der Waals surface area contributed by atoms with Crippen LogP contribution in [0.15, 0.2) is 24.3 Å². The van der Waals surface area contributed by atoms with Gasteiger partial charge in [-0.2, -0.15) is 0 Å². The van der Waals surface area contributed by atoms with Crippen molar-refractivity contribution in [1.82, 2.24) is 0 Å². The molecule has 1 aromatic rings. The number of para-hydroxylation sites is 2. The fourth-order valence-electron chi connectivity index (χ4n) is 2.40. The molecule has 1 aliphatic heterocycles. The highest BCUT2D eigenvalue weighted by Gasteiger charge is 2.24. The van der Waals surface area contributed by atoms with Crippen molar-refractivity contribution >= 4 is 5.69 Å². The molecular weight excluding hydrogens is 228 g/mol. The van der Waals surface area contributed by atoms with Crippen molar-refractivity contribution in [3.05, 3.63) is 24.3 Å². The van der Waals surface area contributed by atoms with Crippen LogP contribution in [-0.4, -0.2) is 40.0 Å². The van der Waals surface area contributed by atoms with Gasteiger partial charge in [-0.15, -0.1) is 0 Å². The van der Waals surface area contributed by atoms with Gasteiger partial charge in [0.15, 0.2) is 0 Å². The lowest BCUT2D eigenvalue weighted by atomic mass is 9.96. The molecule has 4 nitrogen and oxygen atoms in total. The van der Waals surface area contributed by atoms with E-state index < -0.39 is 0 Å². The molecule has 0 radical (unpaired) electrons. The molecule has 0 saturated carbocycles. The molecule has 18 heavy (non-hydrogen) atoms. The Balaban J connectivity index is 2.04. The summed E-state index contributed by atoms with van der Waals surface area (Å²) in [7, 11) is 3.77. The molecule has 0 aromatic heterocycles. The van der Waals surface area contributed by atoms with E-state index >= 15 is 0 Å². The van der Waals surface area contributed by atoms with Crippen LogP contribution >= 0.6 is 0 Å². The number of hydrogen-bond acceptors (Lipinski definition) is 4. The Bertz CT molecular complexity index is 384. The van der Waals surface area contributed by atoms with E-state index in [2.05, 4.69) is 18.0 Å². The van der Waals surface area contributed by atoms with Crippen LogP contribution in [0.1, 0.15) is 6.42 Å². The van der Waals surface area contributed by atoms with Crippen molar-refractivity contribution in [2.24, 2.45) is 11.7 Å². The van der Waals surface area contributed by atoms with Gasteiger partial charge in [-0.25, -0.2) is 0 Å². The van der Waals surface area contributed by atoms with E-state index in [0.717, 1.165) is 37.6 Å². The maximum atomic E-state index is 6.14. The molecule has 2 unspecified atom stereocenters. The number of anilines is 1. The summed E-state index contributed by atoms with van der Waals surface area (Å²) in [5.74, 6) is 1.28. The summed E-state index contributed by atoms with van der Waals surface area (Å²) in [4.78, 5) is 2.19. The first-order valence-corrected chi connectivity index (χ1v) is 6.40. The lowest BCUT2D eigenvalue weighted by Crippen LogP contribution is -2.44. The second kappa shape index (κ2) is 6.07. The summed E-state index contributed by atoms with van der Waals surface area (Å²) in [6, 6.07) is 8.27. The standard InChI is InChI=1S/C14H22N2O2/c1-16(9-11-10-18-8-7-12(11)15)13-5-3-4-6-14(13)17-2/h3-6,11-12H,7-10,15H2,1-2H3. The van der Waals surface area contributed by atoms with E-state index in [1.807, 2.05) is 18.2 Å². The Kier molecular flexibility index (Phi) is 4.44. The SMILES string of the molecule is COc1ccccc1N(C)CC1COCCC1N. The zero-order valence-corrected chi connectivity index (χ0v) is 11.1. The third kappa shape index (κ3) is 2.94. The number of rotatable bonds is 4. The van der Waals surface area contributed by atoms with E-state index in [9.17, 15) is 0 Å². The second-order valence-electron chi connectivity index (χ2n) is 4.84. The molecule has 2 N–H and O–H groups in total. The van der Waals surface area contributed by atoms with Crippen LogP contribution in [0.5, 0.6) is 5.75 Å². The van der Waals surface area contributed by atoms with E-state index in [-0.39, 0.29) is 6.04 Å². The zero-order chi connectivity index (χ0) is 13.0. The average molecular weight is 250 g/mol. The van der Waals surface area contributed by atoms with Gasteiger partial charge >= 0.3 is 0 Å². The lowest BCUT2D eigenvalue weighted by molar-refractivity contribution is 0.0450. The van der Waals surface area contributed by atoms with Gasteiger partial charge < -0.3 is 20.1 Å². The summed E-state index contributed by atoms with van der Waals surface area (Å²) >= 11 is 0. The van der Waals surface area contributed by atoms with Gasteiger partial charge in [-0.05, 0) is 18.6 Å². The maximum Gasteiger partial charge on any atom is 0.142 e. The fraction of sp³-hybridized carbons (Fsp3) is 0.571. The minimum atomic E-state index is 0.232. The van der Waals surface area contributed by atoms with Gasteiger partial charge in [0.1, 0.15) is 5.75 Å². The highest BCUT2D eigenvalue weighted by molar-refractivity contribution is 5.57. The van der Waals surface area contributed by atoms with Gasteiger partial charge in [-0.1, -0.05) is 12.1 Å². The van der Waals surface area contributed by atoms with Crippen LogP contribution in [0, 0.1) is 5.92 Å². The fourth-order valence-corrected chi connectivity index (χ4v) is 2.40. The molecule has 1 fully saturated rings. The van der Waals surface area contributed by atoms with Gasteiger partial charge in [0.05, 0.1) is 19.4 Å². The first-order chi connectivity index (χ1) is 8.72. The normalized spacial score (nSPS) is 23.7. The van der Waals surface area contributed by atoms with E-state index in [4.69, 9.17) is 15.2 Å². The minimum Gasteiger partial charge on any atom is -0.495 e. The molecule has 1 aromatic carbocycles. The lowest BCUT2D eigenvalue weighted by Gasteiger charge is -2.33. The molecule has 0 bridgehead atoms. The molecule has 1 aliphatic rings. The Labute approximate surface area is 109 Å². The van der Waals surface area contributed by atoms with Gasteiger partial charge in [0, 0.05) is 32.2 Å². The third-order valence-electron chi connectivity index (χ3n) is 3.54. The minimum absolute atomic E-state index is 0.232. The Morgan fingerprint density at radius 1 is 1.44 bits per heavy atom. The molecule has 0 spiro atoms. The molecule has 2 atom stereocenters. The molecule has 1 saturated heterocycles. The molecule has 4 heteroatoms. The van der Waals surface area contributed by atoms with Crippen molar-refractivity contribution in [2.75, 3.05) is 38.8 Å². The quantitative estimate of drug-likeness (QED) is 0.879. The Morgan fingerprint density at radius 2 is 2.22 bits per heavy atom. The predicted molar refractivity (Wildman–Crippen MR) is 73.2 cm³/mol. The van der Waals surface area contributed by atoms with Crippen LogP contribution in [0.4, 0.5) is 5.69 Å². The number of nitrogens with two attached hydrogens (primary N) is 1. The molecule has 0 aliphatic carbocycles. The summed E-state index contributed by atoms with van der Waals surface area (Å²) in [6.45, 7) is 2.43. The predicted octanol–water partition coefficient (Wildman–Crippen LogP) is 1.50. The monoisotopic (exact) mass is 250 g/mol. The van der Waals surface area contributed by atoms with Gasteiger partial charge in [0.25, 0.3) is 0 Å². The van der Waals surface area contributed by atoms with E-state index in [0.29, 0.717) is 5.92 Å². The topological polar surface area (TPSA) is 47.7 Å². The molecule has 100 valence electrons. The largest absolute Gasteiger partial charge is 0.495 e. The number of nitrogens with zero attached hydrogens (tertiary/aromatic N) is 1. The number of benzene rings is 1. The van der Waals surface area contributed by atoms with Crippen molar-refractivity contribution < 1.29 is 9.47 Å². The van der Waals surface area contributed by atoms with Crippen LogP contribution < -0.4 is 15.4 Å². The first-order valence-electron chi connectivity index (χ1n) is 6.40. The van der Waals surface area contributed by atoms with Crippen molar-refractivity contribution in [3.8, 4) is 5.75 Å². The van der Waals surface area contributed by atoms with E-state index in [1.54, 1.807) is 7.11 Å². The third-order valence-corrected chi connectivity index (χ3v) is 3.54. The smallest absolute Gasteiger partial charge is 0.142 e. The van der Waals surface area contributed by atoms with Crippen molar-refractivity contribution in [1.29, 1.82) is 0 Å². The van der Waals surface area contributed by atoms with Gasteiger partial charge in [0.2, 0.25) is 0 Å². The molecule has 2 rings (SSSR count). The first kappa shape index (κ1) is 13.2. The maximum absolute atomic E-state index is 6.14. The summed E-state index contributed by atoms with van der Waals surface area (Å²) in [5.41, 5.74) is 7.23. The van der Waals surface area contributed by atoms with E-state index in [1.165, 1.54) is 0 Å².